The lowest BCUT2D eigenvalue weighted by molar-refractivity contribution is 0.0667. The first-order valence-electron chi connectivity index (χ1n) is 12.2. The molecule has 1 fully saturated rings. The Morgan fingerprint density at radius 3 is 2.22 bits per heavy atom. The topological polar surface area (TPSA) is 65.7 Å². The van der Waals surface area contributed by atoms with E-state index in [1.54, 1.807) is 36.1 Å². The number of methoxy groups -OCH3 is 2. The van der Waals surface area contributed by atoms with E-state index in [0.717, 1.165) is 5.69 Å². The molecule has 0 spiro atoms. The number of carbonyl (C=O) groups excluding carboxylic acids is 1. The number of hydrogen-bond donors (Lipinski definition) is 0. The first-order valence-corrected chi connectivity index (χ1v) is 12.2. The van der Waals surface area contributed by atoms with Crippen molar-refractivity contribution in [3.63, 3.8) is 0 Å². The number of nitrogens with zero attached hydrogens (tertiary/aromatic N) is 3. The SMILES string of the molecule is COc1cc2c(C(=O)N3CCC(F)CC3)c(C)n(-c3ccc4c(cc(C)n4C)c3F)c(=O)c2cc1OC. The van der Waals surface area contributed by atoms with Crippen LogP contribution in [0.1, 0.15) is 34.6 Å². The maximum atomic E-state index is 15.9. The molecule has 1 amide bonds. The molecule has 0 unspecified atom stereocenters. The van der Waals surface area contributed by atoms with Gasteiger partial charge in [0.15, 0.2) is 17.3 Å². The lowest BCUT2D eigenvalue weighted by Crippen LogP contribution is -2.40. The molecule has 2 aromatic carbocycles. The second-order valence-electron chi connectivity index (χ2n) is 9.50. The van der Waals surface area contributed by atoms with Gasteiger partial charge in [0.1, 0.15) is 6.17 Å². The normalized spacial score (nSPS) is 14.5. The highest BCUT2D eigenvalue weighted by molar-refractivity contribution is 6.08. The Balaban J connectivity index is 1.84. The van der Waals surface area contributed by atoms with Crippen LogP contribution in [-0.4, -0.2) is 53.4 Å². The molecule has 1 saturated heterocycles. The highest BCUT2D eigenvalue weighted by Gasteiger charge is 2.29. The predicted octanol–water partition coefficient (Wildman–Crippen LogP) is 4.83. The third-order valence-electron chi connectivity index (χ3n) is 7.47. The molecule has 0 N–H and O–H groups in total. The number of piperidine rings is 1. The van der Waals surface area contributed by atoms with E-state index in [9.17, 15) is 14.0 Å². The number of amides is 1. The van der Waals surface area contributed by atoms with Gasteiger partial charge >= 0.3 is 0 Å². The summed E-state index contributed by atoms with van der Waals surface area (Å²) in [6.45, 7) is 4.03. The zero-order chi connectivity index (χ0) is 26.6. The molecule has 9 heteroatoms. The molecule has 0 bridgehead atoms. The summed E-state index contributed by atoms with van der Waals surface area (Å²) in [5.74, 6) is -0.223. The lowest BCUT2D eigenvalue weighted by Gasteiger charge is -2.30. The van der Waals surface area contributed by atoms with Crippen LogP contribution in [0.5, 0.6) is 11.5 Å². The molecule has 3 heterocycles. The Kier molecular flexibility index (Phi) is 6.17. The van der Waals surface area contributed by atoms with E-state index in [2.05, 4.69) is 0 Å². The zero-order valence-corrected chi connectivity index (χ0v) is 21.5. The van der Waals surface area contributed by atoms with Crippen molar-refractivity contribution in [3.8, 4) is 17.2 Å². The van der Waals surface area contributed by atoms with E-state index in [-0.39, 0.29) is 48.5 Å². The Labute approximate surface area is 212 Å². The highest BCUT2D eigenvalue weighted by Crippen LogP contribution is 2.35. The molecule has 5 rings (SSSR count). The minimum Gasteiger partial charge on any atom is -0.493 e. The lowest BCUT2D eigenvalue weighted by atomic mass is 9.99. The van der Waals surface area contributed by atoms with E-state index in [4.69, 9.17) is 9.47 Å². The number of pyridine rings is 1. The second-order valence-corrected chi connectivity index (χ2v) is 9.50. The van der Waals surface area contributed by atoms with Gasteiger partial charge in [0.25, 0.3) is 11.5 Å². The third-order valence-corrected chi connectivity index (χ3v) is 7.47. The van der Waals surface area contributed by atoms with Crippen molar-refractivity contribution in [3.05, 3.63) is 63.5 Å². The van der Waals surface area contributed by atoms with Gasteiger partial charge in [-0.3, -0.25) is 14.2 Å². The number of likely N-dealkylation sites (tertiary alicyclic amines) is 1. The first kappa shape index (κ1) is 24.8. The van der Waals surface area contributed by atoms with Gasteiger partial charge in [-0.15, -0.1) is 0 Å². The number of fused-ring (bicyclic) bond motifs is 2. The zero-order valence-electron chi connectivity index (χ0n) is 21.5. The molecule has 0 atom stereocenters. The third kappa shape index (κ3) is 3.84. The number of halogens is 2. The number of aryl methyl sites for hydroxylation is 2. The van der Waals surface area contributed by atoms with Crippen molar-refractivity contribution < 1.29 is 23.0 Å². The summed E-state index contributed by atoms with van der Waals surface area (Å²) in [5, 5.41) is 0.950. The van der Waals surface area contributed by atoms with Gasteiger partial charge < -0.3 is 18.9 Å². The summed E-state index contributed by atoms with van der Waals surface area (Å²) in [6.07, 6.45) is -0.452. The monoisotopic (exact) mass is 509 g/mol. The van der Waals surface area contributed by atoms with E-state index in [1.807, 2.05) is 18.5 Å². The van der Waals surface area contributed by atoms with Crippen LogP contribution < -0.4 is 15.0 Å². The van der Waals surface area contributed by atoms with Crippen LogP contribution in [-0.2, 0) is 7.05 Å². The first-order chi connectivity index (χ1) is 17.7. The molecular formula is C28H29F2N3O4. The minimum atomic E-state index is -0.949. The molecule has 0 radical (unpaired) electrons. The van der Waals surface area contributed by atoms with Crippen LogP contribution in [0.2, 0.25) is 0 Å². The van der Waals surface area contributed by atoms with Gasteiger partial charge in [-0.25, -0.2) is 8.78 Å². The van der Waals surface area contributed by atoms with E-state index in [1.165, 1.54) is 24.9 Å². The van der Waals surface area contributed by atoms with Crippen LogP contribution in [0.3, 0.4) is 0 Å². The molecule has 2 aromatic heterocycles. The maximum Gasteiger partial charge on any atom is 0.263 e. The Morgan fingerprint density at radius 1 is 0.973 bits per heavy atom. The minimum absolute atomic E-state index is 0.0498. The Bertz CT molecular complexity index is 1610. The van der Waals surface area contributed by atoms with Crippen molar-refractivity contribution in [1.29, 1.82) is 0 Å². The van der Waals surface area contributed by atoms with Crippen molar-refractivity contribution in [2.45, 2.75) is 32.9 Å². The van der Waals surface area contributed by atoms with Crippen molar-refractivity contribution in [2.75, 3.05) is 27.3 Å². The van der Waals surface area contributed by atoms with Crippen LogP contribution in [0.25, 0.3) is 27.4 Å². The van der Waals surface area contributed by atoms with Crippen LogP contribution >= 0.6 is 0 Å². The number of ether oxygens (including phenoxy) is 2. The highest BCUT2D eigenvalue weighted by atomic mass is 19.1. The summed E-state index contributed by atoms with van der Waals surface area (Å²) >= 11 is 0. The fourth-order valence-electron chi connectivity index (χ4n) is 5.28. The van der Waals surface area contributed by atoms with Gasteiger partial charge in [0, 0.05) is 42.3 Å². The maximum absolute atomic E-state index is 15.9. The van der Waals surface area contributed by atoms with Gasteiger partial charge in [-0.05, 0) is 57.0 Å². The van der Waals surface area contributed by atoms with E-state index in [0.29, 0.717) is 33.5 Å². The Morgan fingerprint density at radius 2 is 1.59 bits per heavy atom. The quantitative estimate of drug-likeness (QED) is 0.395. The summed E-state index contributed by atoms with van der Waals surface area (Å²) in [4.78, 5) is 29.3. The molecule has 1 aliphatic rings. The summed E-state index contributed by atoms with van der Waals surface area (Å²) in [6, 6.07) is 8.17. The number of alkyl halides is 1. The average Bonchev–Trinajstić information content (AvgIpc) is 3.19. The van der Waals surface area contributed by atoms with Crippen LogP contribution in [0.15, 0.2) is 35.1 Å². The Hall–Kier alpha value is -3.88. The number of rotatable bonds is 4. The molecule has 194 valence electrons. The van der Waals surface area contributed by atoms with Gasteiger partial charge in [0.05, 0.1) is 36.4 Å². The predicted molar refractivity (Wildman–Crippen MR) is 139 cm³/mol. The van der Waals surface area contributed by atoms with Gasteiger partial charge in [-0.2, -0.15) is 0 Å². The number of benzene rings is 2. The smallest absolute Gasteiger partial charge is 0.263 e. The van der Waals surface area contributed by atoms with Crippen molar-refractivity contribution in [1.82, 2.24) is 14.0 Å². The fraction of sp³-hybridized carbons (Fsp3) is 0.357. The van der Waals surface area contributed by atoms with Crippen molar-refractivity contribution >= 4 is 27.6 Å². The molecule has 4 aromatic rings. The number of hydrogen-bond acceptors (Lipinski definition) is 4. The van der Waals surface area contributed by atoms with E-state index >= 15 is 4.39 Å². The molecular weight excluding hydrogens is 480 g/mol. The molecule has 0 saturated carbocycles. The molecule has 37 heavy (non-hydrogen) atoms. The molecule has 0 aliphatic carbocycles. The summed E-state index contributed by atoms with van der Waals surface area (Å²) in [7, 11) is 4.77. The largest absolute Gasteiger partial charge is 0.493 e. The molecule has 7 nitrogen and oxygen atoms in total. The fourth-order valence-corrected chi connectivity index (χ4v) is 5.28. The number of aromatic nitrogens is 2. The summed E-state index contributed by atoms with van der Waals surface area (Å²) < 4.78 is 43.8. The van der Waals surface area contributed by atoms with Gasteiger partial charge in [-0.1, -0.05) is 0 Å². The molecule has 1 aliphatic heterocycles. The number of carbonyl (C=O) groups is 1. The van der Waals surface area contributed by atoms with Crippen LogP contribution in [0, 0.1) is 19.7 Å². The van der Waals surface area contributed by atoms with Gasteiger partial charge in [0.2, 0.25) is 0 Å². The van der Waals surface area contributed by atoms with Crippen molar-refractivity contribution in [2.24, 2.45) is 7.05 Å². The second kappa shape index (κ2) is 9.21. The standard InChI is InChI=1S/C28H29F2N3O4/c1-15-12-20-21(31(15)3)6-7-22(26(20)30)33-16(2)25(28(35)32-10-8-17(29)9-11-32)18-13-23(36-4)24(37-5)14-19(18)27(33)34/h6-7,12-14,17H,8-11H2,1-5H3. The summed E-state index contributed by atoms with van der Waals surface area (Å²) in [5.41, 5.74) is 1.67. The van der Waals surface area contributed by atoms with Crippen LogP contribution in [0.4, 0.5) is 8.78 Å². The average molecular weight is 510 g/mol. The van der Waals surface area contributed by atoms with E-state index < -0.39 is 17.5 Å².